The fourth-order valence-corrected chi connectivity index (χ4v) is 3.81. The Bertz CT molecular complexity index is 846. The van der Waals surface area contributed by atoms with Crippen LogP contribution in [0.25, 0.3) is 0 Å². The van der Waals surface area contributed by atoms with E-state index in [-0.39, 0.29) is 16.5 Å². The van der Waals surface area contributed by atoms with Crippen molar-refractivity contribution in [2.24, 2.45) is 7.05 Å². The molecule has 0 aromatic carbocycles. The predicted molar refractivity (Wildman–Crippen MR) is 79.8 cm³/mol. The molecule has 1 atom stereocenters. The van der Waals surface area contributed by atoms with Gasteiger partial charge in [0.2, 0.25) is 10.0 Å². The second-order valence-electron chi connectivity index (χ2n) is 5.33. The van der Waals surface area contributed by atoms with Gasteiger partial charge in [-0.05, 0) is 37.0 Å². The maximum atomic E-state index is 12.3. The molecule has 1 aliphatic rings. The summed E-state index contributed by atoms with van der Waals surface area (Å²) in [6.45, 7) is 0. The van der Waals surface area contributed by atoms with E-state index in [1.807, 2.05) is 0 Å². The van der Waals surface area contributed by atoms with E-state index in [1.165, 1.54) is 29.2 Å². The lowest BCUT2D eigenvalue weighted by atomic mass is 9.93. The Morgan fingerprint density at radius 3 is 2.95 bits per heavy atom. The van der Waals surface area contributed by atoms with Gasteiger partial charge in [0.15, 0.2) is 0 Å². The third kappa shape index (κ3) is 2.93. The Labute approximate surface area is 128 Å². The lowest BCUT2D eigenvalue weighted by molar-refractivity contribution is 0.492. The normalized spacial score (nSPS) is 18.0. The molecule has 0 amide bonds. The Morgan fingerprint density at radius 2 is 2.23 bits per heavy atom. The van der Waals surface area contributed by atoms with Crippen LogP contribution >= 0.6 is 0 Å². The van der Waals surface area contributed by atoms with Crippen molar-refractivity contribution in [1.29, 1.82) is 0 Å². The summed E-state index contributed by atoms with van der Waals surface area (Å²) in [5, 5.41) is 4.22. The molecule has 0 spiro atoms. The highest BCUT2D eigenvalue weighted by Crippen LogP contribution is 2.19. The minimum Gasteiger partial charge on any atom is -0.268 e. The van der Waals surface area contributed by atoms with Gasteiger partial charge in [-0.15, -0.1) is 0 Å². The molecular weight excluding hydrogens is 304 g/mol. The van der Waals surface area contributed by atoms with Crippen LogP contribution in [0.1, 0.15) is 17.7 Å². The minimum atomic E-state index is -3.60. The van der Waals surface area contributed by atoms with Crippen molar-refractivity contribution in [2.45, 2.75) is 30.2 Å². The molecule has 2 heterocycles. The van der Waals surface area contributed by atoms with E-state index >= 15 is 0 Å². The third-order valence-corrected chi connectivity index (χ3v) is 5.23. The van der Waals surface area contributed by atoms with Crippen molar-refractivity contribution in [1.82, 2.24) is 19.5 Å². The number of hydrogen-bond acceptors (Lipinski definition) is 5. The average Bonchev–Trinajstić information content (AvgIpc) is 2.49. The molecular formula is C14H16N4O3S. The highest BCUT2D eigenvalue weighted by atomic mass is 32.2. The van der Waals surface area contributed by atoms with Gasteiger partial charge in [-0.25, -0.2) is 17.8 Å². The summed E-state index contributed by atoms with van der Waals surface area (Å²) in [7, 11) is -1.99. The fourth-order valence-electron chi connectivity index (χ4n) is 2.58. The summed E-state index contributed by atoms with van der Waals surface area (Å²) in [5.41, 5.74) is 1.49. The van der Waals surface area contributed by atoms with Gasteiger partial charge in [0.25, 0.3) is 5.56 Å². The Hall–Kier alpha value is -2.06. The lowest BCUT2D eigenvalue weighted by Crippen LogP contribution is -2.40. The first kappa shape index (κ1) is 14.9. The highest BCUT2D eigenvalue weighted by molar-refractivity contribution is 7.89. The van der Waals surface area contributed by atoms with Crippen LogP contribution in [0.3, 0.4) is 0 Å². The monoisotopic (exact) mass is 320 g/mol. The first-order chi connectivity index (χ1) is 10.5. The van der Waals surface area contributed by atoms with Crippen LogP contribution in [0.4, 0.5) is 0 Å². The van der Waals surface area contributed by atoms with E-state index in [0.29, 0.717) is 19.3 Å². The van der Waals surface area contributed by atoms with Gasteiger partial charge in [-0.3, -0.25) is 9.78 Å². The van der Waals surface area contributed by atoms with Crippen LogP contribution in [0.15, 0.2) is 40.3 Å². The number of aromatic nitrogens is 3. The molecule has 0 bridgehead atoms. The van der Waals surface area contributed by atoms with Gasteiger partial charge in [0.1, 0.15) is 4.90 Å². The van der Waals surface area contributed by atoms with Gasteiger partial charge < -0.3 is 0 Å². The third-order valence-electron chi connectivity index (χ3n) is 3.72. The summed E-state index contributed by atoms with van der Waals surface area (Å²) in [4.78, 5) is 15.6. The highest BCUT2D eigenvalue weighted by Gasteiger charge is 2.25. The van der Waals surface area contributed by atoms with E-state index in [1.54, 1.807) is 13.1 Å². The number of pyridine rings is 1. The van der Waals surface area contributed by atoms with Crippen LogP contribution in [0.2, 0.25) is 0 Å². The van der Waals surface area contributed by atoms with Crippen LogP contribution in [0.5, 0.6) is 0 Å². The molecule has 22 heavy (non-hydrogen) atoms. The SMILES string of the molecule is Cn1nc2c(cc1=O)CC(NS(=O)(=O)c1cccnc1)CC2. The summed E-state index contributed by atoms with van der Waals surface area (Å²) in [5.74, 6) is 0. The quantitative estimate of drug-likeness (QED) is 0.860. The van der Waals surface area contributed by atoms with E-state index in [4.69, 9.17) is 0 Å². The van der Waals surface area contributed by atoms with Gasteiger partial charge >= 0.3 is 0 Å². The molecule has 116 valence electrons. The maximum Gasteiger partial charge on any atom is 0.266 e. The van der Waals surface area contributed by atoms with Crippen LogP contribution in [-0.4, -0.2) is 29.2 Å². The summed E-state index contributed by atoms with van der Waals surface area (Å²) in [6.07, 6.45) is 4.60. The molecule has 1 unspecified atom stereocenters. The zero-order chi connectivity index (χ0) is 15.7. The molecule has 8 heteroatoms. The molecule has 0 saturated heterocycles. The zero-order valence-corrected chi connectivity index (χ0v) is 12.9. The molecule has 0 fully saturated rings. The number of sulfonamides is 1. The standard InChI is InChI=1S/C14H16N4O3S/c1-18-14(19)8-10-7-11(4-5-13(10)16-18)17-22(20,21)12-3-2-6-15-9-12/h2-3,6,8-9,11,17H,4-5,7H2,1H3. The number of fused-ring (bicyclic) bond motifs is 1. The van der Waals surface area contributed by atoms with Gasteiger partial charge in [-0.1, -0.05) is 0 Å². The smallest absolute Gasteiger partial charge is 0.266 e. The first-order valence-corrected chi connectivity index (χ1v) is 8.42. The summed E-state index contributed by atoms with van der Waals surface area (Å²) in [6, 6.07) is 4.38. The molecule has 0 aliphatic heterocycles. The first-order valence-electron chi connectivity index (χ1n) is 6.94. The van der Waals surface area contributed by atoms with Crippen LogP contribution < -0.4 is 10.3 Å². The number of hydrogen-bond donors (Lipinski definition) is 1. The maximum absolute atomic E-state index is 12.3. The van der Waals surface area contributed by atoms with Crippen molar-refractivity contribution in [2.75, 3.05) is 0 Å². The molecule has 2 aromatic heterocycles. The predicted octanol–water partition coefficient (Wildman–Crippen LogP) is 0.0111. The van der Waals surface area contributed by atoms with Crippen LogP contribution in [0, 0.1) is 0 Å². The van der Waals surface area contributed by atoms with E-state index < -0.39 is 10.0 Å². The van der Waals surface area contributed by atoms with Crippen LogP contribution in [-0.2, 0) is 29.9 Å². The topological polar surface area (TPSA) is 94.0 Å². The number of nitrogens with zero attached hydrogens (tertiary/aromatic N) is 3. The molecule has 1 N–H and O–H groups in total. The van der Waals surface area contributed by atoms with Gasteiger partial charge in [0, 0.05) is 31.5 Å². The lowest BCUT2D eigenvalue weighted by Gasteiger charge is -2.24. The second kappa shape index (κ2) is 5.62. The van der Waals surface area contributed by atoms with Crippen molar-refractivity contribution < 1.29 is 8.42 Å². The summed E-state index contributed by atoms with van der Waals surface area (Å²) >= 11 is 0. The van der Waals surface area contributed by atoms with E-state index in [9.17, 15) is 13.2 Å². The Kier molecular flexibility index (Phi) is 3.79. The molecule has 2 aromatic rings. The molecule has 0 radical (unpaired) electrons. The Balaban J connectivity index is 1.81. The summed E-state index contributed by atoms with van der Waals surface area (Å²) < 4.78 is 28.6. The number of aryl methyl sites for hydroxylation is 2. The largest absolute Gasteiger partial charge is 0.268 e. The minimum absolute atomic E-state index is 0.142. The Morgan fingerprint density at radius 1 is 1.41 bits per heavy atom. The van der Waals surface area contributed by atoms with Crippen molar-refractivity contribution in [3.63, 3.8) is 0 Å². The van der Waals surface area contributed by atoms with Gasteiger partial charge in [-0.2, -0.15) is 5.10 Å². The average molecular weight is 320 g/mol. The van der Waals surface area contributed by atoms with Crippen molar-refractivity contribution in [3.8, 4) is 0 Å². The zero-order valence-electron chi connectivity index (χ0n) is 12.1. The molecule has 1 aliphatic carbocycles. The van der Waals surface area contributed by atoms with E-state index in [0.717, 1.165) is 11.3 Å². The molecule has 3 rings (SSSR count). The van der Waals surface area contributed by atoms with E-state index in [2.05, 4.69) is 14.8 Å². The molecule has 0 saturated carbocycles. The number of rotatable bonds is 3. The van der Waals surface area contributed by atoms with Crippen molar-refractivity contribution >= 4 is 10.0 Å². The number of nitrogens with one attached hydrogen (secondary N) is 1. The fraction of sp³-hybridized carbons (Fsp3) is 0.357. The second-order valence-corrected chi connectivity index (χ2v) is 7.04. The molecule has 7 nitrogen and oxygen atoms in total. The van der Waals surface area contributed by atoms with Gasteiger partial charge in [0.05, 0.1) is 5.69 Å². The van der Waals surface area contributed by atoms with Crippen molar-refractivity contribution in [3.05, 3.63) is 52.2 Å².